The highest BCUT2D eigenvalue weighted by atomic mass is 16.6. The second kappa shape index (κ2) is 14.5. The molecule has 4 unspecified atom stereocenters. The van der Waals surface area contributed by atoms with Crippen molar-refractivity contribution in [3.8, 4) is 11.5 Å². The maximum Gasteiger partial charge on any atom is 0.243 e. The number of epoxide rings is 1. The second-order valence-electron chi connectivity index (χ2n) is 11.1. The van der Waals surface area contributed by atoms with E-state index in [9.17, 15) is 24.3 Å². The van der Waals surface area contributed by atoms with E-state index < -0.39 is 35.5 Å². The number of phenolic OH excluding ortho intramolecular Hbond substituents is 1. The number of ether oxygens (including phenoxy) is 3. The largest absolute Gasteiger partial charge is 0.508 e. The van der Waals surface area contributed by atoms with Gasteiger partial charge in [0, 0.05) is 25.6 Å². The lowest BCUT2D eigenvalue weighted by Gasteiger charge is -2.27. The van der Waals surface area contributed by atoms with E-state index in [1.807, 2.05) is 35.2 Å². The summed E-state index contributed by atoms with van der Waals surface area (Å²) in [6.07, 6.45) is 0.147. The van der Waals surface area contributed by atoms with E-state index >= 15 is 0 Å². The molecule has 232 valence electrons. The zero-order valence-electron chi connectivity index (χ0n) is 24.8. The molecule has 12 heteroatoms. The van der Waals surface area contributed by atoms with Crippen LogP contribution in [0.5, 0.6) is 11.5 Å². The fourth-order valence-corrected chi connectivity index (χ4v) is 4.83. The number of carbonyl (C=O) groups is 4. The van der Waals surface area contributed by atoms with Crippen LogP contribution in [0.1, 0.15) is 25.0 Å². The Morgan fingerprint density at radius 2 is 1.65 bits per heavy atom. The molecule has 4 N–H and O–H groups in total. The molecule has 2 aliphatic rings. The van der Waals surface area contributed by atoms with Crippen molar-refractivity contribution in [3.63, 3.8) is 0 Å². The molecule has 12 nitrogen and oxygen atoms in total. The molecule has 2 heterocycles. The Bertz CT molecular complexity index is 1290. The van der Waals surface area contributed by atoms with Crippen molar-refractivity contribution in [1.82, 2.24) is 20.9 Å². The maximum absolute atomic E-state index is 13.7. The van der Waals surface area contributed by atoms with Crippen LogP contribution < -0.4 is 20.7 Å². The molecule has 4 rings (SSSR count). The number of nitrogens with zero attached hydrogens (tertiary/aromatic N) is 1. The average Bonchev–Trinajstić information content (AvgIpc) is 3.75. The predicted octanol–water partition coefficient (Wildman–Crippen LogP) is 0.351. The first-order chi connectivity index (χ1) is 20.6. The monoisotopic (exact) mass is 596 g/mol. The van der Waals surface area contributed by atoms with Gasteiger partial charge in [-0.15, -0.1) is 0 Å². The Morgan fingerprint density at radius 3 is 2.28 bits per heavy atom. The van der Waals surface area contributed by atoms with Gasteiger partial charge in [-0.1, -0.05) is 36.4 Å². The summed E-state index contributed by atoms with van der Waals surface area (Å²) in [5, 5.41) is 18.8. The van der Waals surface area contributed by atoms with Crippen molar-refractivity contribution >= 4 is 23.5 Å². The van der Waals surface area contributed by atoms with Crippen LogP contribution in [0.25, 0.3) is 0 Å². The third kappa shape index (κ3) is 8.99. The number of aromatic hydroxyl groups is 1. The van der Waals surface area contributed by atoms with Gasteiger partial charge in [-0.3, -0.25) is 24.1 Å². The number of benzene rings is 2. The van der Waals surface area contributed by atoms with E-state index in [0.29, 0.717) is 37.6 Å². The number of ketones is 1. The van der Waals surface area contributed by atoms with Gasteiger partial charge < -0.3 is 35.3 Å². The molecule has 0 saturated carbocycles. The first-order valence-corrected chi connectivity index (χ1v) is 14.4. The minimum Gasteiger partial charge on any atom is -0.508 e. The minimum atomic E-state index is -1.18. The summed E-state index contributed by atoms with van der Waals surface area (Å²) in [4.78, 5) is 54.8. The SMILES string of the molecule is COc1ccc(CC(NC(=O)C(C)NC(=O)CN2CCOCC2)C(=O)NC(Cc2ccccc2)C(=O)C2(C)CO2)c(O)c1. The van der Waals surface area contributed by atoms with Crippen LogP contribution in [0.15, 0.2) is 48.5 Å². The molecule has 0 spiro atoms. The molecule has 2 aromatic rings. The normalized spacial score (nSPS) is 20.3. The standard InChI is InChI=1S/C31H40N4O8/c1-20(32-27(37)18-35-11-13-42-14-12-35)29(39)34-25(16-22-9-10-23(41-3)17-26(22)36)30(40)33-24(28(38)31(2)19-43-31)15-21-7-5-4-6-8-21/h4-10,17,20,24-25,36H,11-16,18-19H2,1-3H3,(H,32,37)(H,33,40)(H,34,39). The van der Waals surface area contributed by atoms with Crippen molar-refractivity contribution in [2.75, 3.05) is 46.6 Å². The summed E-state index contributed by atoms with van der Waals surface area (Å²) in [5.41, 5.74) is 0.239. The summed E-state index contributed by atoms with van der Waals surface area (Å²) in [6.45, 7) is 5.90. The number of carbonyl (C=O) groups excluding carboxylic acids is 4. The maximum atomic E-state index is 13.7. The van der Waals surface area contributed by atoms with Crippen molar-refractivity contribution in [2.24, 2.45) is 0 Å². The van der Waals surface area contributed by atoms with Gasteiger partial charge in [0.2, 0.25) is 17.7 Å². The summed E-state index contributed by atoms with van der Waals surface area (Å²) in [7, 11) is 1.47. The van der Waals surface area contributed by atoms with Crippen LogP contribution in [-0.4, -0.2) is 104 Å². The van der Waals surface area contributed by atoms with Crippen molar-refractivity contribution < 1.29 is 38.5 Å². The van der Waals surface area contributed by atoms with Gasteiger partial charge in [-0.25, -0.2) is 0 Å². The number of methoxy groups -OCH3 is 1. The molecule has 2 saturated heterocycles. The molecule has 0 radical (unpaired) electrons. The molecule has 0 aliphatic carbocycles. The van der Waals surface area contributed by atoms with Crippen molar-refractivity contribution in [3.05, 3.63) is 59.7 Å². The average molecular weight is 597 g/mol. The molecule has 2 fully saturated rings. The lowest BCUT2D eigenvalue weighted by Crippen LogP contribution is -2.57. The Kier molecular flexibility index (Phi) is 10.7. The molecule has 3 amide bonds. The number of nitrogens with one attached hydrogen (secondary N) is 3. The topological polar surface area (TPSA) is 159 Å². The highest BCUT2D eigenvalue weighted by Crippen LogP contribution is 2.29. The molecule has 0 aromatic heterocycles. The fourth-order valence-electron chi connectivity index (χ4n) is 4.83. The van der Waals surface area contributed by atoms with E-state index in [-0.39, 0.29) is 43.4 Å². The highest BCUT2D eigenvalue weighted by Gasteiger charge is 2.50. The van der Waals surface area contributed by atoms with Crippen LogP contribution >= 0.6 is 0 Å². The van der Waals surface area contributed by atoms with Gasteiger partial charge in [0.15, 0.2) is 5.78 Å². The summed E-state index contributed by atoms with van der Waals surface area (Å²) < 4.78 is 15.8. The van der Waals surface area contributed by atoms with Crippen LogP contribution in [-0.2, 0) is 41.5 Å². The molecular weight excluding hydrogens is 556 g/mol. The number of Topliss-reactive ketones (excluding diaryl/α,β-unsaturated/α-hetero) is 1. The van der Waals surface area contributed by atoms with Crippen LogP contribution in [0.4, 0.5) is 0 Å². The van der Waals surface area contributed by atoms with Crippen LogP contribution in [0.3, 0.4) is 0 Å². The molecule has 4 atom stereocenters. The lowest BCUT2D eigenvalue weighted by molar-refractivity contribution is -0.134. The fraction of sp³-hybridized carbons (Fsp3) is 0.484. The second-order valence-corrected chi connectivity index (χ2v) is 11.1. The highest BCUT2D eigenvalue weighted by molar-refractivity contribution is 5.98. The first-order valence-electron chi connectivity index (χ1n) is 14.4. The third-order valence-corrected chi connectivity index (χ3v) is 7.61. The number of hydrogen-bond acceptors (Lipinski definition) is 9. The first kappa shape index (κ1) is 31.9. The molecule has 2 aromatic carbocycles. The van der Waals surface area contributed by atoms with E-state index in [2.05, 4.69) is 16.0 Å². The number of amides is 3. The molecule has 43 heavy (non-hydrogen) atoms. The Morgan fingerprint density at radius 1 is 0.977 bits per heavy atom. The van der Waals surface area contributed by atoms with E-state index in [4.69, 9.17) is 14.2 Å². The van der Waals surface area contributed by atoms with E-state index in [0.717, 1.165) is 5.56 Å². The van der Waals surface area contributed by atoms with Gasteiger partial charge in [-0.05, 0) is 37.5 Å². The number of rotatable bonds is 14. The van der Waals surface area contributed by atoms with Gasteiger partial charge in [0.05, 0.1) is 39.5 Å². The van der Waals surface area contributed by atoms with E-state index in [1.54, 1.807) is 19.1 Å². The van der Waals surface area contributed by atoms with Gasteiger partial charge in [0.1, 0.15) is 29.2 Å². The molecular formula is C31H40N4O8. The van der Waals surface area contributed by atoms with Crippen molar-refractivity contribution in [2.45, 2.75) is 50.4 Å². The van der Waals surface area contributed by atoms with Crippen LogP contribution in [0.2, 0.25) is 0 Å². The summed E-state index contributed by atoms with van der Waals surface area (Å²) >= 11 is 0. The number of phenols is 1. The molecule has 0 bridgehead atoms. The Labute approximate surface area is 251 Å². The molecule has 2 aliphatic heterocycles. The number of hydrogen-bond donors (Lipinski definition) is 4. The van der Waals surface area contributed by atoms with Crippen molar-refractivity contribution in [1.29, 1.82) is 0 Å². The van der Waals surface area contributed by atoms with Gasteiger partial charge in [-0.2, -0.15) is 0 Å². The predicted molar refractivity (Wildman–Crippen MR) is 157 cm³/mol. The summed E-state index contributed by atoms with van der Waals surface area (Å²) in [6, 6.07) is 10.9. The quantitative estimate of drug-likeness (QED) is 0.226. The number of morpholine rings is 1. The Hall–Kier alpha value is -4.00. The van der Waals surface area contributed by atoms with Gasteiger partial charge in [0.25, 0.3) is 0 Å². The Balaban J connectivity index is 1.49. The van der Waals surface area contributed by atoms with E-state index in [1.165, 1.54) is 20.1 Å². The zero-order valence-corrected chi connectivity index (χ0v) is 24.8. The smallest absolute Gasteiger partial charge is 0.243 e. The summed E-state index contributed by atoms with van der Waals surface area (Å²) in [5.74, 6) is -1.50. The third-order valence-electron chi connectivity index (χ3n) is 7.61. The van der Waals surface area contributed by atoms with Gasteiger partial charge >= 0.3 is 0 Å². The van der Waals surface area contributed by atoms with Crippen LogP contribution in [0, 0.1) is 0 Å². The lowest BCUT2D eigenvalue weighted by atomic mass is 9.94. The zero-order chi connectivity index (χ0) is 31.0. The minimum absolute atomic E-state index is 0.0815.